The zero-order valence-electron chi connectivity index (χ0n) is 15.4. The number of halogens is 3. The molecule has 4 N–H and O–H groups in total. The van der Waals surface area contributed by atoms with Crippen molar-refractivity contribution in [3.63, 3.8) is 0 Å². The number of benzene rings is 2. The molecule has 1 aliphatic heterocycles. The molecule has 8 nitrogen and oxygen atoms in total. The van der Waals surface area contributed by atoms with Gasteiger partial charge in [-0.15, -0.1) is 0 Å². The van der Waals surface area contributed by atoms with E-state index in [1.165, 1.54) is 18.2 Å². The fourth-order valence-corrected chi connectivity index (χ4v) is 4.90. The van der Waals surface area contributed by atoms with Crippen LogP contribution in [0.15, 0.2) is 35.2 Å². The smallest absolute Gasteiger partial charge is 0.323 e. The lowest BCUT2D eigenvalue weighted by molar-refractivity contribution is 0.114. The molecule has 30 heavy (non-hydrogen) atoms. The Hall–Kier alpha value is -1.75. The topological polar surface area (TPSA) is 117 Å². The van der Waals surface area contributed by atoms with Crippen LogP contribution in [-0.4, -0.2) is 38.8 Å². The molecule has 0 aliphatic carbocycles. The van der Waals surface area contributed by atoms with Crippen molar-refractivity contribution in [2.45, 2.75) is 23.8 Å². The Morgan fingerprint density at radius 2 is 1.83 bits per heavy atom. The van der Waals surface area contributed by atoms with Gasteiger partial charge < -0.3 is 20.5 Å². The van der Waals surface area contributed by atoms with Crippen molar-refractivity contribution in [3.8, 4) is 5.75 Å². The van der Waals surface area contributed by atoms with Crippen LogP contribution in [0.1, 0.15) is 12.8 Å². The second-order valence-corrected chi connectivity index (χ2v) is 9.34. The van der Waals surface area contributed by atoms with Gasteiger partial charge in [0.05, 0.1) is 32.5 Å². The van der Waals surface area contributed by atoms with Gasteiger partial charge in [0.1, 0.15) is 4.90 Å². The highest BCUT2D eigenvalue weighted by atomic mass is 35.5. The molecule has 2 aromatic rings. The normalized spacial score (nSPS) is 16.4. The van der Waals surface area contributed by atoms with Gasteiger partial charge in [-0.05, 0) is 37.1 Å². The van der Waals surface area contributed by atoms with E-state index in [-0.39, 0.29) is 39.1 Å². The van der Waals surface area contributed by atoms with Gasteiger partial charge in [0, 0.05) is 13.2 Å². The number of nitrogens with one attached hydrogen (secondary N) is 3. The fraction of sp³-hybridized carbons (Fsp3) is 0.278. The number of phenols is 1. The van der Waals surface area contributed by atoms with Crippen molar-refractivity contribution in [3.05, 3.63) is 45.4 Å². The van der Waals surface area contributed by atoms with Gasteiger partial charge in [-0.3, -0.25) is 0 Å². The van der Waals surface area contributed by atoms with Gasteiger partial charge in [-0.25, -0.2) is 17.9 Å². The highest BCUT2D eigenvalue weighted by Crippen LogP contribution is 2.37. The molecule has 0 bridgehead atoms. The second-order valence-electron chi connectivity index (χ2n) is 6.44. The number of aromatic hydroxyl groups is 1. The highest BCUT2D eigenvalue weighted by molar-refractivity contribution is 7.89. The van der Waals surface area contributed by atoms with E-state index in [9.17, 15) is 18.3 Å². The first-order chi connectivity index (χ1) is 14.2. The maximum absolute atomic E-state index is 12.7. The van der Waals surface area contributed by atoms with E-state index in [1.54, 1.807) is 12.1 Å². The van der Waals surface area contributed by atoms with E-state index in [4.69, 9.17) is 39.5 Å². The van der Waals surface area contributed by atoms with Crippen molar-refractivity contribution >= 4 is 62.2 Å². The molecule has 1 fully saturated rings. The van der Waals surface area contributed by atoms with Gasteiger partial charge in [0.2, 0.25) is 10.0 Å². The van der Waals surface area contributed by atoms with E-state index in [1.807, 2.05) is 0 Å². The van der Waals surface area contributed by atoms with Crippen LogP contribution >= 0.6 is 34.8 Å². The molecule has 2 aromatic carbocycles. The van der Waals surface area contributed by atoms with E-state index in [0.717, 1.165) is 12.8 Å². The van der Waals surface area contributed by atoms with Crippen molar-refractivity contribution < 1.29 is 23.1 Å². The Labute approximate surface area is 188 Å². The summed E-state index contributed by atoms with van der Waals surface area (Å²) in [7, 11) is -4.16. The average Bonchev–Trinajstić information content (AvgIpc) is 3.20. The van der Waals surface area contributed by atoms with Crippen LogP contribution in [0.25, 0.3) is 0 Å². The summed E-state index contributed by atoms with van der Waals surface area (Å²) in [6, 6.07) is 6.43. The number of hydrogen-bond donors (Lipinski definition) is 4. The van der Waals surface area contributed by atoms with Gasteiger partial charge >= 0.3 is 6.03 Å². The number of phenolic OH excluding ortho intramolecular Hbond substituents is 1. The summed E-state index contributed by atoms with van der Waals surface area (Å²) in [6.45, 7) is 0.618. The molecule has 0 radical (unpaired) electrons. The van der Waals surface area contributed by atoms with Crippen LogP contribution in [-0.2, 0) is 14.8 Å². The lowest BCUT2D eigenvalue weighted by Crippen LogP contribution is -2.32. The van der Waals surface area contributed by atoms with E-state index >= 15 is 0 Å². The minimum absolute atomic E-state index is 0.0451. The number of urea groups is 1. The average molecular weight is 495 g/mol. The monoisotopic (exact) mass is 493 g/mol. The number of rotatable bonds is 6. The molecule has 0 unspecified atom stereocenters. The van der Waals surface area contributed by atoms with Crippen LogP contribution in [0.2, 0.25) is 15.1 Å². The second kappa shape index (κ2) is 9.59. The summed E-state index contributed by atoms with van der Waals surface area (Å²) in [5, 5.41) is 15.5. The molecular formula is C18H18Cl3N3O5S. The van der Waals surface area contributed by atoms with Gasteiger partial charge in [-0.1, -0.05) is 40.9 Å². The van der Waals surface area contributed by atoms with Gasteiger partial charge in [0.15, 0.2) is 5.75 Å². The third kappa shape index (κ3) is 5.29. The number of ether oxygens (including phenoxy) is 1. The van der Waals surface area contributed by atoms with Crippen LogP contribution in [0, 0.1) is 0 Å². The van der Waals surface area contributed by atoms with Crippen molar-refractivity contribution in [1.82, 2.24) is 4.72 Å². The Kier molecular flexibility index (Phi) is 7.33. The Bertz CT molecular complexity index is 1060. The largest absolute Gasteiger partial charge is 0.504 e. The first-order valence-corrected chi connectivity index (χ1v) is 11.5. The number of carbonyl (C=O) groups is 1. The molecule has 2 amide bonds. The summed E-state index contributed by atoms with van der Waals surface area (Å²) in [5.74, 6) is -0.699. The van der Waals surface area contributed by atoms with Crippen LogP contribution in [0.5, 0.6) is 5.75 Å². The molecule has 0 saturated carbocycles. The van der Waals surface area contributed by atoms with E-state index in [2.05, 4.69) is 15.4 Å². The molecule has 3 rings (SSSR count). The number of sulfonamides is 1. The molecule has 162 valence electrons. The predicted molar refractivity (Wildman–Crippen MR) is 116 cm³/mol. The molecule has 1 atom stereocenters. The third-order valence-electron chi connectivity index (χ3n) is 4.33. The third-order valence-corrected chi connectivity index (χ3v) is 7.07. The molecule has 1 heterocycles. The first-order valence-electron chi connectivity index (χ1n) is 8.84. The molecule has 1 saturated heterocycles. The molecule has 0 aromatic heterocycles. The summed E-state index contributed by atoms with van der Waals surface area (Å²) in [5.41, 5.74) is 0.0775. The van der Waals surface area contributed by atoms with Gasteiger partial charge in [0.25, 0.3) is 0 Å². The predicted octanol–water partition coefficient (Wildman–Crippen LogP) is 4.45. The minimum Gasteiger partial charge on any atom is -0.504 e. The summed E-state index contributed by atoms with van der Waals surface area (Å²) in [6.07, 6.45) is 1.34. The van der Waals surface area contributed by atoms with Crippen molar-refractivity contribution in [2.24, 2.45) is 0 Å². The molecule has 1 aliphatic rings. The minimum atomic E-state index is -4.16. The van der Waals surface area contributed by atoms with Crippen molar-refractivity contribution in [2.75, 3.05) is 23.8 Å². The molecule has 0 spiro atoms. The number of hydrogen-bond acceptors (Lipinski definition) is 5. The quantitative estimate of drug-likeness (QED) is 0.443. The lowest BCUT2D eigenvalue weighted by Gasteiger charge is -2.16. The summed E-state index contributed by atoms with van der Waals surface area (Å²) < 4.78 is 33.1. The van der Waals surface area contributed by atoms with E-state index in [0.29, 0.717) is 6.61 Å². The molecular weight excluding hydrogens is 477 g/mol. The summed E-state index contributed by atoms with van der Waals surface area (Å²) >= 11 is 17.9. The van der Waals surface area contributed by atoms with E-state index < -0.39 is 26.7 Å². The Morgan fingerprint density at radius 3 is 2.53 bits per heavy atom. The number of carbonyl (C=O) groups excluding carboxylic acids is 1. The zero-order chi connectivity index (χ0) is 21.9. The number of anilines is 2. The van der Waals surface area contributed by atoms with Crippen molar-refractivity contribution in [1.29, 1.82) is 0 Å². The summed E-state index contributed by atoms with van der Waals surface area (Å²) in [4.78, 5) is 11.8. The number of amides is 2. The van der Waals surface area contributed by atoms with Crippen LogP contribution in [0.3, 0.4) is 0 Å². The fourth-order valence-electron chi connectivity index (χ4n) is 2.86. The SMILES string of the molecule is O=C(Nc1ccc(Cl)c(S(=O)(=O)NC[C@H]2CCCO2)c1O)Nc1cccc(Cl)c1Cl. The highest BCUT2D eigenvalue weighted by Gasteiger charge is 2.27. The van der Waals surface area contributed by atoms with Crippen LogP contribution < -0.4 is 15.4 Å². The molecule has 12 heteroatoms. The lowest BCUT2D eigenvalue weighted by atomic mass is 10.2. The van der Waals surface area contributed by atoms with Gasteiger partial charge in [-0.2, -0.15) is 0 Å². The zero-order valence-corrected chi connectivity index (χ0v) is 18.5. The maximum atomic E-state index is 12.7. The Morgan fingerprint density at radius 1 is 1.10 bits per heavy atom. The maximum Gasteiger partial charge on any atom is 0.323 e. The standard InChI is InChI=1S/C18H18Cl3N3O5S/c19-11-4-1-5-13(15(11)21)23-18(26)24-14-7-6-12(20)17(16(14)25)30(27,28)22-9-10-3-2-8-29-10/h1,4-7,10,22,25H,2-3,8-9H2,(H2,23,24,26)/t10-/m1/s1. The first kappa shape index (κ1) is 22.9. The van der Waals surface area contributed by atoms with Crippen LogP contribution in [0.4, 0.5) is 16.2 Å². The Balaban J connectivity index is 1.78.